The van der Waals surface area contributed by atoms with Gasteiger partial charge >= 0.3 is 0 Å². The van der Waals surface area contributed by atoms with Gasteiger partial charge in [0.1, 0.15) is 0 Å². The lowest BCUT2D eigenvalue weighted by molar-refractivity contribution is -0.385. The molecule has 6 nitrogen and oxygen atoms in total. The predicted octanol–water partition coefficient (Wildman–Crippen LogP) is 2.79. The third-order valence-electron chi connectivity index (χ3n) is 3.04. The molecule has 112 valence electrons. The fourth-order valence-corrected chi connectivity index (χ4v) is 3.84. The van der Waals surface area contributed by atoms with E-state index in [2.05, 4.69) is 0 Å². The number of benzene rings is 1. The Labute approximate surface area is 126 Å². The van der Waals surface area contributed by atoms with Crippen LogP contribution in [0.5, 0.6) is 0 Å². The zero-order valence-electron chi connectivity index (χ0n) is 11.5. The number of nitrogens with zero attached hydrogens (tertiary/aromatic N) is 2. The molecule has 2 rings (SSSR count). The van der Waals surface area contributed by atoms with Gasteiger partial charge < -0.3 is 0 Å². The molecule has 0 radical (unpaired) electrons. The smallest absolute Gasteiger partial charge is 0.258 e. The molecule has 0 bridgehead atoms. The molecule has 0 N–H and O–H groups in total. The summed E-state index contributed by atoms with van der Waals surface area (Å²) in [5.41, 5.74) is 0.237. The number of hydrogen-bond donors (Lipinski definition) is 0. The third-order valence-corrected chi connectivity index (χ3v) is 5.70. The fraction of sp³-hybridized carbons (Fsp3) is 0.231. The molecule has 0 amide bonds. The molecule has 0 fully saturated rings. The molecule has 1 heterocycles. The third kappa shape index (κ3) is 3.29. The summed E-state index contributed by atoms with van der Waals surface area (Å²) < 4.78 is 26.1. The van der Waals surface area contributed by atoms with E-state index in [0.717, 1.165) is 10.9 Å². The van der Waals surface area contributed by atoms with Crippen molar-refractivity contribution in [3.8, 4) is 0 Å². The Kier molecular flexibility index (Phi) is 4.40. The van der Waals surface area contributed by atoms with Gasteiger partial charge in [-0.15, -0.1) is 11.3 Å². The fourth-order valence-electron chi connectivity index (χ4n) is 1.83. The van der Waals surface area contributed by atoms with E-state index in [9.17, 15) is 18.5 Å². The first kappa shape index (κ1) is 15.6. The molecule has 0 atom stereocenters. The van der Waals surface area contributed by atoms with E-state index < -0.39 is 14.9 Å². The maximum atomic E-state index is 12.5. The monoisotopic (exact) mass is 326 g/mol. The Morgan fingerprint density at radius 3 is 2.62 bits per heavy atom. The number of hydrogen-bond acceptors (Lipinski definition) is 5. The van der Waals surface area contributed by atoms with Gasteiger partial charge in [-0.05, 0) is 24.4 Å². The number of sulfonamides is 1. The van der Waals surface area contributed by atoms with E-state index in [1.807, 2.05) is 17.5 Å². The summed E-state index contributed by atoms with van der Waals surface area (Å²) in [6.07, 6.45) is 0. The van der Waals surface area contributed by atoms with Crippen molar-refractivity contribution in [1.29, 1.82) is 0 Å². The summed E-state index contributed by atoms with van der Waals surface area (Å²) in [7, 11) is -2.29. The highest BCUT2D eigenvalue weighted by molar-refractivity contribution is 7.89. The minimum atomic E-state index is -3.75. The number of aryl methyl sites for hydroxylation is 1. The molecule has 0 saturated carbocycles. The molecule has 0 aliphatic heterocycles. The molecular formula is C13H14N2O4S2. The highest BCUT2D eigenvalue weighted by atomic mass is 32.2. The van der Waals surface area contributed by atoms with Gasteiger partial charge in [0.05, 0.1) is 9.82 Å². The molecule has 21 heavy (non-hydrogen) atoms. The van der Waals surface area contributed by atoms with Crippen molar-refractivity contribution in [3.05, 3.63) is 56.3 Å². The van der Waals surface area contributed by atoms with Crippen LogP contribution in [0, 0.1) is 17.0 Å². The van der Waals surface area contributed by atoms with Crippen LogP contribution in [0.25, 0.3) is 0 Å². The van der Waals surface area contributed by atoms with Gasteiger partial charge in [0.25, 0.3) is 5.69 Å². The van der Waals surface area contributed by atoms with Gasteiger partial charge in [0.15, 0.2) is 0 Å². The van der Waals surface area contributed by atoms with Crippen molar-refractivity contribution in [2.75, 3.05) is 7.05 Å². The predicted molar refractivity (Wildman–Crippen MR) is 80.8 cm³/mol. The molecule has 1 aromatic carbocycles. The Morgan fingerprint density at radius 2 is 2.05 bits per heavy atom. The Morgan fingerprint density at radius 1 is 1.33 bits per heavy atom. The Hall–Kier alpha value is -1.77. The molecule has 0 spiro atoms. The van der Waals surface area contributed by atoms with Crippen LogP contribution in [0.1, 0.15) is 10.4 Å². The van der Waals surface area contributed by atoms with Crippen molar-refractivity contribution in [3.63, 3.8) is 0 Å². The van der Waals surface area contributed by atoms with E-state index in [4.69, 9.17) is 0 Å². The van der Waals surface area contributed by atoms with E-state index in [0.29, 0.717) is 5.56 Å². The molecule has 2 aromatic rings. The molecule has 0 saturated heterocycles. The summed E-state index contributed by atoms with van der Waals surface area (Å²) in [5.74, 6) is 0. The lowest BCUT2D eigenvalue weighted by Crippen LogP contribution is -2.26. The van der Waals surface area contributed by atoms with Gasteiger partial charge in [-0.2, -0.15) is 4.31 Å². The first-order valence-corrected chi connectivity index (χ1v) is 8.38. The van der Waals surface area contributed by atoms with Crippen LogP contribution in [-0.2, 0) is 16.6 Å². The average molecular weight is 326 g/mol. The number of rotatable bonds is 5. The average Bonchev–Trinajstić information content (AvgIpc) is 2.91. The van der Waals surface area contributed by atoms with E-state index in [1.165, 1.54) is 34.8 Å². The van der Waals surface area contributed by atoms with Gasteiger partial charge in [-0.1, -0.05) is 12.1 Å². The Bertz CT molecular complexity index is 754. The number of nitro groups is 1. The highest BCUT2D eigenvalue weighted by Crippen LogP contribution is 2.25. The molecule has 0 unspecified atom stereocenters. The first-order chi connectivity index (χ1) is 9.82. The van der Waals surface area contributed by atoms with Gasteiger partial charge in [0, 0.05) is 30.1 Å². The number of thiophene rings is 1. The summed E-state index contributed by atoms with van der Waals surface area (Å²) in [5, 5.41) is 12.8. The van der Waals surface area contributed by atoms with Crippen LogP contribution in [0.4, 0.5) is 5.69 Å². The summed E-state index contributed by atoms with van der Waals surface area (Å²) >= 11 is 1.46. The second-order valence-corrected chi connectivity index (χ2v) is 7.62. The lowest BCUT2D eigenvalue weighted by Gasteiger charge is -2.16. The largest absolute Gasteiger partial charge is 0.273 e. The normalized spacial score (nSPS) is 11.8. The van der Waals surface area contributed by atoms with Gasteiger partial charge in [-0.25, -0.2) is 8.42 Å². The quantitative estimate of drug-likeness (QED) is 0.625. The minimum absolute atomic E-state index is 0.0705. The maximum absolute atomic E-state index is 12.5. The zero-order chi connectivity index (χ0) is 15.6. The zero-order valence-corrected chi connectivity index (χ0v) is 13.1. The van der Waals surface area contributed by atoms with Crippen molar-refractivity contribution in [2.45, 2.75) is 18.4 Å². The molecule has 1 aromatic heterocycles. The number of nitro benzene ring substituents is 1. The standard InChI is InChI=1S/C13H14N2O4S2/c1-10-5-6-12(8-13(10)15(16)17)21(18,19)14(2)9-11-4-3-7-20-11/h3-8H,9H2,1-2H3. The highest BCUT2D eigenvalue weighted by Gasteiger charge is 2.24. The Balaban J connectivity index is 2.35. The summed E-state index contributed by atoms with van der Waals surface area (Å²) in [6.45, 7) is 1.81. The first-order valence-electron chi connectivity index (χ1n) is 6.06. The molecule has 0 aliphatic rings. The van der Waals surface area contributed by atoms with Crippen LogP contribution in [0.3, 0.4) is 0 Å². The van der Waals surface area contributed by atoms with E-state index in [1.54, 1.807) is 6.92 Å². The minimum Gasteiger partial charge on any atom is -0.258 e. The second kappa shape index (κ2) is 5.92. The SMILES string of the molecule is Cc1ccc(S(=O)(=O)N(C)Cc2cccs2)cc1[N+](=O)[O-]. The van der Waals surface area contributed by atoms with Crippen molar-refractivity contribution in [1.82, 2.24) is 4.31 Å². The summed E-state index contributed by atoms with van der Waals surface area (Å²) in [6, 6.07) is 7.63. The van der Waals surface area contributed by atoms with Gasteiger partial charge in [-0.3, -0.25) is 10.1 Å². The van der Waals surface area contributed by atoms with E-state index >= 15 is 0 Å². The lowest BCUT2D eigenvalue weighted by atomic mass is 10.2. The topological polar surface area (TPSA) is 80.5 Å². The molecule has 0 aliphatic carbocycles. The van der Waals surface area contributed by atoms with Crippen molar-refractivity contribution in [2.24, 2.45) is 0 Å². The maximum Gasteiger partial charge on any atom is 0.273 e. The summed E-state index contributed by atoms with van der Waals surface area (Å²) in [4.78, 5) is 11.2. The van der Waals surface area contributed by atoms with Crippen LogP contribution in [0.2, 0.25) is 0 Å². The van der Waals surface area contributed by atoms with Crippen molar-refractivity contribution >= 4 is 27.0 Å². The molecule has 8 heteroatoms. The molecular weight excluding hydrogens is 312 g/mol. The van der Waals surface area contributed by atoms with E-state index in [-0.39, 0.29) is 17.1 Å². The van der Waals surface area contributed by atoms with Crippen LogP contribution < -0.4 is 0 Å². The van der Waals surface area contributed by atoms with Crippen LogP contribution in [-0.4, -0.2) is 24.7 Å². The van der Waals surface area contributed by atoms with Crippen LogP contribution in [0.15, 0.2) is 40.6 Å². The van der Waals surface area contributed by atoms with Crippen molar-refractivity contribution < 1.29 is 13.3 Å². The van der Waals surface area contributed by atoms with Gasteiger partial charge in [0.2, 0.25) is 10.0 Å². The van der Waals surface area contributed by atoms with Crippen LogP contribution >= 0.6 is 11.3 Å². The second-order valence-electron chi connectivity index (χ2n) is 4.55.